The molecule has 0 bridgehead atoms. The normalized spacial score (nSPS) is 15.3. The molecule has 0 fully saturated rings. The Morgan fingerprint density at radius 1 is 1.38 bits per heavy atom. The van der Waals surface area contributed by atoms with E-state index in [-0.39, 0.29) is 24.3 Å². The summed E-state index contributed by atoms with van der Waals surface area (Å²) in [4.78, 5) is 13.2. The maximum atomic E-state index is 13.1. The Labute approximate surface area is 183 Å². The zero-order chi connectivity index (χ0) is 21.1. The summed E-state index contributed by atoms with van der Waals surface area (Å²) in [6.45, 7) is 0.225. The van der Waals surface area contributed by atoms with Crippen LogP contribution in [0.1, 0.15) is 17.7 Å². The summed E-state index contributed by atoms with van der Waals surface area (Å²) in [6, 6.07) is 5.75. The van der Waals surface area contributed by atoms with Crippen molar-refractivity contribution in [2.24, 2.45) is 12.8 Å². The second-order valence-corrected chi connectivity index (χ2v) is 7.99. The van der Waals surface area contributed by atoms with Gasteiger partial charge in [0.1, 0.15) is 5.82 Å². The summed E-state index contributed by atoms with van der Waals surface area (Å²) in [5, 5.41) is 7.85. The SMILES string of the molecule is Cn1ncc(Cl)c1C1=C(Cl)C=C(C(=O)N[C@H](CN)Cc2ccc(F)cc2)C(=S)C1. The Bertz CT molecular complexity index is 994. The van der Waals surface area contributed by atoms with E-state index >= 15 is 0 Å². The fourth-order valence-electron chi connectivity index (χ4n) is 3.14. The van der Waals surface area contributed by atoms with E-state index in [1.54, 1.807) is 29.9 Å². The standard InChI is InChI=1S/C20H19Cl2FN4OS/c1-27-19(17(22)10-25-27)14-8-18(29)15(7-16(14)21)20(28)26-13(9-24)6-11-2-4-12(23)5-3-11/h2-5,7,10,13H,6,8-9,24H2,1H3,(H,26,28)/t13-/m0/s1. The van der Waals surface area contributed by atoms with Crippen LogP contribution in [0.5, 0.6) is 0 Å². The second-order valence-electron chi connectivity index (χ2n) is 6.69. The molecule has 1 heterocycles. The molecule has 0 radical (unpaired) electrons. The average Bonchev–Trinajstić information content (AvgIpc) is 3.02. The first-order valence-corrected chi connectivity index (χ1v) is 10.0. The van der Waals surface area contributed by atoms with Crippen LogP contribution in [0.3, 0.4) is 0 Å². The van der Waals surface area contributed by atoms with Gasteiger partial charge in [0.25, 0.3) is 5.91 Å². The van der Waals surface area contributed by atoms with Crippen LogP contribution in [-0.2, 0) is 18.3 Å². The van der Waals surface area contributed by atoms with Crippen LogP contribution < -0.4 is 11.1 Å². The predicted molar refractivity (Wildman–Crippen MR) is 117 cm³/mol. The number of hydrogen-bond acceptors (Lipinski definition) is 4. The van der Waals surface area contributed by atoms with Crippen molar-refractivity contribution in [2.45, 2.75) is 18.9 Å². The number of halogens is 3. The predicted octanol–water partition coefficient (Wildman–Crippen LogP) is 3.55. The van der Waals surface area contributed by atoms with Crippen molar-refractivity contribution in [3.05, 3.63) is 69.2 Å². The van der Waals surface area contributed by atoms with Crippen LogP contribution in [0.15, 0.2) is 47.1 Å². The number of nitrogens with zero attached hydrogens (tertiary/aromatic N) is 2. The molecule has 152 valence electrons. The highest BCUT2D eigenvalue weighted by Crippen LogP contribution is 2.35. The first-order valence-electron chi connectivity index (χ1n) is 8.87. The Balaban J connectivity index is 1.78. The maximum absolute atomic E-state index is 13.1. The van der Waals surface area contributed by atoms with Crippen molar-refractivity contribution in [1.82, 2.24) is 15.1 Å². The van der Waals surface area contributed by atoms with Gasteiger partial charge in [-0.1, -0.05) is 47.6 Å². The lowest BCUT2D eigenvalue weighted by Crippen LogP contribution is -2.43. The minimum Gasteiger partial charge on any atom is -0.348 e. The quantitative estimate of drug-likeness (QED) is 0.657. The van der Waals surface area contributed by atoms with Gasteiger partial charge in [-0.25, -0.2) is 4.39 Å². The average molecular weight is 453 g/mol. The number of aromatic nitrogens is 2. The van der Waals surface area contributed by atoms with E-state index in [1.165, 1.54) is 18.3 Å². The molecule has 1 aromatic carbocycles. The number of aryl methyl sites for hydroxylation is 1. The number of nitrogens with two attached hydrogens (primary N) is 1. The van der Waals surface area contributed by atoms with Crippen LogP contribution in [0.25, 0.3) is 5.57 Å². The highest BCUT2D eigenvalue weighted by molar-refractivity contribution is 7.81. The second kappa shape index (κ2) is 9.17. The van der Waals surface area contributed by atoms with E-state index in [0.29, 0.717) is 39.0 Å². The number of rotatable bonds is 6. The summed E-state index contributed by atoms with van der Waals surface area (Å²) < 4.78 is 14.7. The van der Waals surface area contributed by atoms with E-state index in [9.17, 15) is 9.18 Å². The van der Waals surface area contributed by atoms with Gasteiger partial charge in [0.15, 0.2) is 0 Å². The third-order valence-corrected chi connectivity index (χ3v) is 5.61. The Hall–Kier alpha value is -2.06. The van der Waals surface area contributed by atoms with Crippen LogP contribution in [0.4, 0.5) is 4.39 Å². The van der Waals surface area contributed by atoms with E-state index in [0.717, 1.165) is 11.1 Å². The van der Waals surface area contributed by atoms with Gasteiger partial charge in [-0.15, -0.1) is 0 Å². The van der Waals surface area contributed by atoms with Crippen molar-refractivity contribution in [3.8, 4) is 0 Å². The molecule has 9 heteroatoms. The number of carbonyl (C=O) groups is 1. The number of hydrogen-bond donors (Lipinski definition) is 2. The Kier molecular flexibility index (Phi) is 6.85. The number of allylic oxidation sites excluding steroid dienone is 3. The molecule has 0 aliphatic heterocycles. The third-order valence-electron chi connectivity index (χ3n) is 4.64. The van der Waals surface area contributed by atoms with Crippen LogP contribution >= 0.6 is 35.4 Å². The van der Waals surface area contributed by atoms with Crippen LogP contribution in [0.2, 0.25) is 5.02 Å². The molecule has 0 unspecified atom stereocenters. The van der Waals surface area contributed by atoms with Gasteiger partial charge in [0.05, 0.1) is 22.5 Å². The van der Waals surface area contributed by atoms with E-state index < -0.39 is 0 Å². The molecule has 2 aromatic rings. The highest BCUT2D eigenvalue weighted by Gasteiger charge is 2.26. The fraction of sp³-hybridized carbons (Fsp3) is 0.250. The molecular weight excluding hydrogens is 434 g/mol. The number of nitrogens with one attached hydrogen (secondary N) is 1. The van der Waals surface area contributed by atoms with E-state index in [4.69, 9.17) is 41.2 Å². The summed E-state index contributed by atoms with van der Waals surface area (Å²) in [5.41, 5.74) is 8.40. The molecule has 1 amide bonds. The summed E-state index contributed by atoms with van der Waals surface area (Å²) in [5.74, 6) is -0.661. The lowest BCUT2D eigenvalue weighted by atomic mass is 9.94. The van der Waals surface area contributed by atoms with Gasteiger partial charge in [-0.05, 0) is 30.2 Å². The maximum Gasteiger partial charge on any atom is 0.252 e. The van der Waals surface area contributed by atoms with Crippen molar-refractivity contribution < 1.29 is 9.18 Å². The van der Waals surface area contributed by atoms with Crippen molar-refractivity contribution >= 4 is 51.8 Å². The Morgan fingerprint density at radius 2 is 2.07 bits per heavy atom. The molecule has 0 saturated heterocycles. The lowest BCUT2D eigenvalue weighted by Gasteiger charge is -2.22. The summed E-state index contributed by atoms with van der Waals surface area (Å²) >= 11 is 18.1. The van der Waals surface area contributed by atoms with Gasteiger partial charge in [-0.2, -0.15) is 5.10 Å². The molecule has 0 saturated carbocycles. The van der Waals surface area contributed by atoms with Crippen molar-refractivity contribution in [1.29, 1.82) is 0 Å². The molecule has 1 aliphatic rings. The van der Waals surface area contributed by atoms with E-state index in [2.05, 4.69) is 10.4 Å². The molecule has 3 rings (SSSR count). The van der Waals surface area contributed by atoms with Crippen LogP contribution in [-0.4, -0.2) is 33.1 Å². The molecule has 29 heavy (non-hydrogen) atoms. The van der Waals surface area contributed by atoms with E-state index in [1.807, 2.05) is 0 Å². The molecule has 0 spiro atoms. The first kappa shape index (κ1) is 21.6. The monoisotopic (exact) mass is 452 g/mol. The zero-order valence-corrected chi connectivity index (χ0v) is 17.9. The van der Waals surface area contributed by atoms with Gasteiger partial charge >= 0.3 is 0 Å². The number of amides is 1. The number of thiocarbonyl (C=S) groups is 1. The topological polar surface area (TPSA) is 72.9 Å². The van der Waals surface area contributed by atoms with Gasteiger partial charge in [0, 0.05) is 41.5 Å². The third kappa shape index (κ3) is 4.93. The lowest BCUT2D eigenvalue weighted by molar-refractivity contribution is -0.117. The number of benzene rings is 1. The largest absolute Gasteiger partial charge is 0.348 e. The minimum atomic E-state index is -0.346. The molecule has 1 aliphatic carbocycles. The van der Waals surface area contributed by atoms with Gasteiger partial charge in [-0.3, -0.25) is 9.48 Å². The Morgan fingerprint density at radius 3 is 2.66 bits per heavy atom. The molecule has 1 aromatic heterocycles. The molecule has 3 N–H and O–H groups in total. The smallest absolute Gasteiger partial charge is 0.252 e. The summed E-state index contributed by atoms with van der Waals surface area (Å²) in [7, 11) is 1.76. The van der Waals surface area contributed by atoms with Crippen molar-refractivity contribution in [3.63, 3.8) is 0 Å². The summed E-state index contributed by atoms with van der Waals surface area (Å²) in [6.07, 6.45) is 3.86. The van der Waals surface area contributed by atoms with Crippen LogP contribution in [0, 0.1) is 5.82 Å². The zero-order valence-electron chi connectivity index (χ0n) is 15.6. The number of carbonyl (C=O) groups excluding carboxylic acids is 1. The highest BCUT2D eigenvalue weighted by atomic mass is 35.5. The van der Waals surface area contributed by atoms with Gasteiger partial charge in [0.2, 0.25) is 0 Å². The molecule has 1 atom stereocenters. The van der Waals surface area contributed by atoms with Gasteiger partial charge < -0.3 is 11.1 Å². The molecule has 5 nitrogen and oxygen atoms in total. The first-order chi connectivity index (χ1) is 13.8. The fourth-order valence-corrected chi connectivity index (χ4v) is 3.98. The minimum absolute atomic E-state index is 0.225. The van der Waals surface area contributed by atoms with Crippen molar-refractivity contribution in [2.75, 3.05) is 6.54 Å². The molecular formula is C20H19Cl2FN4OS.